The second-order valence-corrected chi connectivity index (χ2v) is 4.66. The Morgan fingerprint density at radius 3 is 2.68 bits per heavy atom. The van der Waals surface area contributed by atoms with Crippen molar-refractivity contribution in [3.05, 3.63) is 23.6 Å². The van der Waals surface area contributed by atoms with Crippen LogP contribution in [-0.2, 0) is 0 Å². The quantitative estimate of drug-likeness (QED) is 0.862. The first kappa shape index (κ1) is 15.4. The van der Waals surface area contributed by atoms with Gasteiger partial charge >= 0.3 is 0 Å². The fraction of sp³-hybridized carbons (Fsp3) is 0.571. The molecule has 4 nitrogen and oxygen atoms in total. The van der Waals surface area contributed by atoms with Crippen molar-refractivity contribution in [2.45, 2.75) is 40.2 Å². The number of anilines is 1. The molecule has 106 valence electrons. The fourth-order valence-corrected chi connectivity index (χ4v) is 1.88. The van der Waals surface area contributed by atoms with Crippen LogP contribution in [0.4, 0.5) is 10.2 Å². The predicted molar refractivity (Wildman–Crippen MR) is 74.8 cm³/mol. The van der Waals surface area contributed by atoms with Gasteiger partial charge < -0.3 is 10.2 Å². The zero-order valence-electron chi connectivity index (χ0n) is 12.0. The van der Waals surface area contributed by atoms with E-state index < -0.39 is 5.82 Å². The maximum atomic E-state index is 13.3. The Balaban J connectivity index is 3.08. The molecule has 0 aromatic carbocycles. The van der Waals surface area contributed by atoms with Gasteiger partial charge in [0.25, 0.3) is 5.91 Å². The van der Waals surface area contributed by atoms with E-state index in [0.29, 0.717) is 24.5 Å². The number of rotatable bonds is 6. The van der Waals surface area contributed by atoms with Crippen LogP contribution in [-0.4, -0.2) is 34.9 Å². The van der Waals surface area contributed by atoms with Gasteiger partial charge in [-0.25, -0.2) is 9.37 Å². The number of amides is 1. The molecule has 0 radical (unpaired) electrons. The third-order valence-corrected chi connectivity index (χ3v) is 2.85. The van der Waals surface area contributed by atoms with E-state index in [-0.39, 0.29) is 11.9 Å². The molecule has 1 rings (SSSR count). The molecule has 1 heterocycles. The van der Waals surface area contributed by atoms with Crippen LogP contribution in [0.2, 0.25) is 0 Å². The number of aromatic nitrogens is 1. The van der Waals surface area contributed by atoms with Gasteiger partial charge in [-0.05, 0) is 33.3 Å². The third-order valence-electron chi connectivity index (χ3n) is 2.85. The number of nitrogens with zero attached hydrogens (tertiary/aromatic N) is 2. The highest BCUT2D eigenvalue weighted by atomic mass is 19.1. The van der Waals surface area contributed by atoms with Gasteiger partial charge in [-0.15, -0.1) is 0 Å². The summed E-state index contributed by atoms with van der Waals surface area (Å²) >= 11 is 0. The summed E-state index contributed by atoms with van der Waals surface area (Å²) in [5.41, 5.74) is 0.295. The molecule has 0 aliphatic carbocycles. The molecule has 19 heavy (non-hydrogen) atoms. The van der Waals surface area contributed by atoms with Crippen molar-refractivity contribution in [3.8, 4) is 0 Å². The van der Waals surface area contributed by atoms with Gasteiger partial charge in [0.15, 0.2) is 0 Å². The minimum absolute atomic E-state index is 0.0693. The monoisotopic (exact) mass is 267 g/mol. The van der Waals surface area contributed by atoms with E-state index >= 15 is 0 Å². The number of hydrogen-bond donors (Lipinski definition) is 1. The maximum absolute atomic E-state index is 13.3. The molecule has 0 atom stereocenters. The molecule has 1 aromatic rings. The van der Waals surface area contributed by atoms with E-state index in [2.05, 4.69) is 10.3 Å². The molecule has 0 fully saturated rings. The molecule has 5 heteroatoms. The number of pyridine rings is 1. The highest BCUT2D eigenvalue weighted by Gasteiger charge is 2.21. The molecule has 0 saturated carbocycles. The molecule has 1 N–H and O–H groups in total. The zero-order valence-corrected chi connectivity index (χ0v) is 12.0. The number of hydrogen-bond acceptors (Lipinski definition) is 3. The van der Waals surface area contributed by atoms with Crippen LogP contribution in [0.15, 0.2) is 12.3 Å². The van der Waals surface area contributed by atoms with E-state index in [0.717, 1.165) is 12.6 Å². The molecule has 0 aliphatic heterocycles. The van der Waals surface area contributed by atoms with E-state index in [1.807, 2.05) is 27.7 Å². The Morgan fingerprint density at radius 1 is 1.47 bits per heavy atom. The van der Waals surface area contributed by atoms with Crippen LogP contribution < -0.4 is 5.32 Å². The summed E-state index contributed by atoms with van der Waals surface area (Å²) in [6.07, 6.45) is 2.04. The molecule has 0 spiro atoms. The van der Waals surface area contributed by atoms with Crippen LogP contribution >= 0.6 is 0 Å². The van der Waals surface area contributed by atoms with Crippen LogP contribution in [0.1, 0.15) is 44.5 Å². The molecule has 1 amide bonds. The summed E-state index contributed by atoms with van der Waals surface area (Å²) in [4.78, 5) is 18.1. The largest absolute Gasteiger partial charge is 0.369 e. The van der Waals surface area contributed by atoms with E-state index in [9.17, 15) is 9.18 Å². The topological polar surface area (TPSA) is 45.2 Å². The Kier molecular flexibility index (Phi) is 5.73. The summed E-state index contributed by atoms with van der Waals surface area (Å²) in [5.74, 6) is -0.235. The number of nitrogens with one attached hydrogen (secondary N) is 1. The summed E-state index contributed by atoms with van der Waals surface area (Å²) in [6.45, 7) is 9.09. The lowest BCUT2D eigenvalue weighted by Gasteiger charge is -2.26. The SMILES string of the molecule is CCCNc1ncc(F)cc1C(=O)N(CC)C(C)C. The first-order valence-corrected chi connectivity index (χ1v) is 6.71. The maximum Gasteiger partial charge on any atom is 0.257 e. The second-order valence-electron chi connectivity index (χ2n) is 4.66. The Bertz CT molecular complexity index is 435. The van der Waals surface area contributed by atoms with E-state index in [4.69, 9.17) is 0 Å². The average molecular weight is 267 g/mol. The van der Waals surface area contributed by atoms with Crippen molar-refractivity contribution in [1.82, 2.24) is 9.88 Å². The minimum atomic E-state index is -0.495. The van der Waals surface area contributed by atoms with E-state index in [1.54, 1.807) is 4.90 Å². The minimum Gasteiger partial charge on any atom is -0.369 e. The van der Waals surface area contributed by atoms with Gasteiger partial charge in [0.1, 0.15) is 11.6 Å². The predicted octanol–water partition coefficient (Wildman–Crippen LogP) is 2.91. The summed E-state index contributed by atoms with van der Waals surface area (Å²) in [7, 11) is 0. The second kappa shape index (κ2) is 7.07. The first-order chi connectivity index (χ1) is 9.01. The Hall–Kier alpha value is -1.65. The van der Waals surface area contributed by atoms with Crippen molar-refractivity contribution < 1.29 is 9.18 Å². The lowest BCUT2D eigenvalue weighted by molar-refractivity contribution is 0.0717. The molecule has 0 saturated heterocycles. The molecule has 0 bridgehead atoms. The van der Waals surface area contributed by atoms with Gasteiger partial charge in [-0.2, -0.15) is 0 Å². The van der Waals surface area contributed by atoms with Gasteiger partial charge in [0.05, 0.1) is 11.8 Å². The fourth-order valence-electron chi connectivity index (χ4n) is 1.88. The number of carbonyl (C=O) groups is 1. The van der Waals surface area contributed by atoms with Crippen LogP contribution in [0.3, 0.4) is 0 Å². The molecule has 0 unspecified atom stereocenters. The number of carbonyl (C=O) groups excluding carboxylic acids is 1. The Morgan fingerprint density at radius 2 is 2.16 bits per heavy atom. The Labute approximate surface area is 114 Å². The third kappa shape index (κ3) is 3.91. The van der Waals surface area contributed by atoms with Gasteiger partial charge in [-0.3, -0.25) is 4.79 Å². The van der Waals surface area contributed by atoms with Crippen molar-refractivity contribution in [3.63, 3.8) is 0 Å². The van der Waals surface area contributed by atoms with Gasteiger partial charge in [0.2, 0.25) is 0 Å². The van der Waals surface area contributed by atoms with Crippen LogP contribution in [0, 0.1) is 5.82 Å². The molecule has 0 aliphatic rings. The zero-order chi connectivity index (χ0) is 14.4. The molecular formula is C14H22FN3O. The average Bonchev–Trinajstić information content (AvgIpc) is 2.37. The van der Waals surface area contributed by atoms with Crippen molar-refractivity contribution in [2.24, 2.45) is 0 Å². The smallest absolute Gasteiger partial charge is 0.257 e. The standard InChI is InChI=1S/C14H22FN3O/c1-5-7-16-13-12(8-11(15)9-17-13)14(19)18(6-2)10(3)4/h8-10H,5-7H2,1-4H3,(H,16,17). The van der Waals surface area contributed by atoms with Crippen molar-refractivity contribution in [1.29, 1.82) is 0 Å². The number of halogens is 1. The summed E-state index contributed by atoms with van der Waals surface area (Å²) in [6, 6.07) is 1.32. The van der Waals surface area contributed by atoms with Crippen LogP contribution in [0.25, 0.3) is 0 Å². The van der Waals surface area contributed by atoms with Crippen LogP contribution in [0.5, 0.6) is 0 Å². The highest BCUT2D eigenvalue weighted by Crippen LogP contribution is 2.17. The molecular weight excluding hydrogens is 245 g/mol. The lowest BCUT2D eigenvalue weighted by atomic mass is 10.2. The lowest BCUT2D eigenvalue weighted by Crippen LogP contribution is -2.37. The van der Waals surface area contributed by atoms with Crippen molar-refractivity contribution >= 4 is 11.7 Å². The summed E-state index contributed by atoms with van der Waals surface area (Å²) < 4.78 is 13.3. The van der Waals surface area contributed by atoms with E-state index in [1.165, 1.54) is 6.07 Å². The van der Waals surface area contributed by atoms with Crippen molar-refractivity contribution in [2.75, 3.05) is 18.4 Å². The molecule has 1 aromatic heterocycles. The van der Waals surface area contributed by atoms with Gasteiger partial charge in [-0.1, -0.05) is 6.92 Å². The summed E-state index contributed by atoms with van der Waals surface area (Å²) in [5, 5.41) is 3.06. The van der Waals surface area contributed by atoms with Gasteiger partial charge in [0, 0.05) is 19.1 Å². The highest BCUT2D eigenvalue weighted by molar-refractivity contribution is 5.98. The normalized spacial score (nSPS) is 10.6. The first-order valence-electron chi connectivity index (χ1n) is 6.71.